The fourth-order valence-corrected chi connectivity index (χ4v) is 3.53. The van der Waals surface area contributed by atoms with Crippen molar-refractivity contribution in [3.8, 4) is 11.8 Å². The van der Waals surface area contributed by atoms with E-state index in [1.54, 1.807) is 25.3 Å². The summed E-state index contributed by atoms with van der Waals surface area (Å²) >= 11 is 0. The third-order valence-electron chi connectivity index (χ3n) is 5.08. The molecular weight excluding hydrogens is 354 g/mol. The second-order valence-corrected chi connectivity index (χ2v) is 6.85. The van der Waals surface area contributed by atoms with Crippen LogP contribution in [0.3, 0.4) is 0 Å². The fraction of sp³-hybridized carbons (Fsp3) is 0.318. The number of rotatable bonds is 5. The molecule has 1 fully saturated rings. The first-order chi connectivity index (χ1) is 13.5. The minimum atomic E-state index is -0.110. The number of piperidine rings is 1. The van der Waals surface area contributed by atoms with Gasteiger partial charge in [-0.3, -0.25) is 9.59 Å². The highest BCUT2D eigenvalue weighted by molar-refractivity contribution is 6.00. The molecule has 2 aromatic carbocycles. The topological polar surface area (TPSA) is 82.4 Å². The molecule has 0 saturated carbocycles. The molecule has 6 heteroatoms. The van der Waals surface area contributed by atoms with Gasteiger partial charge in [0.25, 0.3) is 0 Å². The smallest absolute Gasteiger partial charge is 0.227 e. The lowest BCUT2D eigenvalue weighted by molar-refractivity contribution is -0.120. The third kappa shape index (κ3) is 4.15. The van der Waals surface area contributed by atoms with Gasteiger partial charge >= 0.3 is 0 Å². The van der Waals surface area contributed by atoms with Crippen molar-refractivity contribution < 1.29 is 14.3 Å². The second kappa shape index (κ2) is 8.57. The van der Waals surface area contributed by atoms with Crippen molar-refractivity contribution in [2.45, 2.75) is 19.8 Å². The highest BCUT2D eigenvalue weighted by atomic mass is 16.5. The van der Waals surface area contributed by atoms with Gasteiger partial charge in [0.15, 0.2) is 5.78 Å². The molecule has 0 unspecified atom stereocenters. The van der Waals surface area contributed by atoms with Gasteiger partial charge in [-0.05, 0) is 50.1 Å². The predicted octanol–water partition coefficient (Wildman–Crippen LogP) is 3.62. The highest BCUT2D eigenvalue weighted by Crippen LogP contribution is 2.30. The second-order valence-electron chi connectivity index (χ2n) is 6.85. The fourth-order valence-electron chi connectivity index (χ4n) is 3.53. The number of nitrogens with zero attached hydrogens (tertiary/aromatic N) is 2. The normalized spacial score (nSPS) is 14.2. The van der Waals surface area contributed by atoms with E-state index in [1.807, 2.05) is 24.3 Å². The van der Waals surface area contributed by atoms with Crippen molar-refractivity contribution >= 4 is 23.1 Å². The first-order valence-electron chi connectivity index (χ1n) is 9.27. The Hall–Kier alpha value is -3.33. The zero-order valence-electron chi connectivity index (χ0n) is 16.1. The average molecular weight is 377 g/mol. The van der Waals surface area contributed by atoms with E-state index in [2.05, 4.69) is 16.3 Å². The summed E-state index contributed by atoms with van der Waals surface area (Å²) in [6.07, 6.45) is 1.35. The lowest BCUT2D eigenvalue weighted by Crippen LogP contribution is -2.38. The summed E-state index contributed by atoms with van der Waals surface area (Å²) in [4.78, 5) is 26.7. The number of benzene rings is 2. The highest BCUT2D eigenvalue weighted by Gasteiger charge is 2.27. The molecule has 0 spiro atoms. The summed E-state index contributed by atoms with van der Waals surface area (Å²) in [6.45, 7) is 2.83. The summed E-state index contributed by atoms with van der Waals surface area (Å²) in [5.74, 6) is 0.464. The van der Waals surface area contributed by atoms with E-state index in [0.29, 0.717) is 48.5 Å². The first-order valence-corrected chi connectivity index (χ1v) is 9.27. The summed E-state index contributed by atoms with van der Waals surface area (Å²) in [5, 5.41) is 12.1. The van der Waals surface area contributed by atoms with Crippen LogP contribution in [0.5, 0.6) is 5.75 Å². The van der Waals surface area contributed by atoms with E-state index in [9.17, 15) is 14.9 Å². The number of para-hydroxylation sites is 2. The number of nitriles is 1. The molecule has 0 radical (unpaired) electrons. The molecule has 1 amide bonds. The summed E-state index contributed by atoms with van der Waals surface area (Å²) in [7, 11) is 1.57. The van der Waals surface area contributed by atoms with Crippen molar-refractivity contribution in [1.82, 2.24) is 0 Å². The maximum absolute atomic E-state index is 12.7. The number of Topliss-reactive ketones (excluding diaryl/α,β-unsaturated/α-hetero) is 1. The number of carbonyl (C=O) groups is 2. The van der Waals surface area contributed by atoms with E-state index < -0.39 is 0 Å². The number of ether oxygens (including phenoxy) is 1. The minimum Gasteiger partial charge on any atom is -0.495 e. The first kappa shape index (κ1) is 19.4. The summed E-state index contributed by atoms with van der Waals surface area (Å²) < 4.78 is 5.28. The molecule has 28 heavy (non-hydrogen) atoms. The molecule has 2 aromatic rings. The molecule has 1 saturated heterocycles. The Labute approximate surface area is 164 Å². The van der Waals surface area contributed by atoms with Crippen LogP contribution in [0.1, 0.15) is 35.7 Å². The molecule has 1 N–H and O–H groups in total. The van der Waals surface area contributed by atoms with Gasteiger partial charge < -0.3 is 15.0 Å². The van der Waals surface area contributed by atoms with Crippen LogP contribution < -0.4 is 15.0 Å². The van der Waals surface area contributed by atoms with E-state index in [1.165, 1.54) is 6.92 Å². The SMILES string of the molecule is COc1ccccc1NC(=O)C1CCN(c2cc(C#N)ccc2C(C)=O)CC1. The van der Waals surface area contributed by atoms with E-state index in [4.69, 9.17) is 4.74 Å². The van der Waals surface area contributed by atoms with Gasteiger partial charge in [0.05, 0.1) is 24.4 Å². The standard InChI is InChI=1S/C22H23N3O3/c1-15(26)18-8-7-16(14-23)13-20(18)25-11-9-17(10-12-25)22(27)24-19-5-3-4-6-21(19)28-2/h3-8,13,17H,9-12H2,1-2H3,(H,24,27). The predicted molar refractivity (Wildman–Crippen MR) is 108 cm³/mol. The third-order valence-corrected chi connectivity index (χ3v) is 5.08. The number of hydrogen-bond donors (Lipinski definition) is 1. The van der Waals surface area contributed by atoms with Crippen LogP contribution in [-0.4, -0.2) is 31.9 Å². The zero-order chi connectivity index (χ0) is 20.1. The van der Waals surface area contributed by atoms with Gasteiger partial charge in [-0.2, -0.15) is 5.26 Å². The molecule has 0 atom stereocenters. The number of nitrogens with one attached hydrogen (secondary N) is 1. The summed E-state index contributed by atoms with van der Waals surface area (Å²) in [6, 6.07) is 14.6. The molecule has 1 heterocycles. The monoisotopic (exact) mass is 377 g/mol. The van der Waals surface area contributed by atoms with Crippen LogP contribution in [0.15, 0.2) is 42.5 Å². The summed E-state index contributed by atoms with van der Waals surface area (Å²) in [5.41, 5.74) is 2.57. The number of ketones is 1. The molecule has 1 aliphatic rings. The Kier molecular flexibility index (Phi) is 5.95. The largest absolute Gasteiger partial charge is 0.495 e. The van der Waals surface area contributed by atoms with Crippen LogP contribution >= 0.6 is 0 Å². The Morgan fingerprint density at radius 1 is 1.18 bits per heavy atom. The van der Waals surface area contributed by atoms with Crippen molar-refractivity contribution in [2.75, 3.05) is 30.4 Å². The molecular formula is C22H23N3O3. The quantitative estimate of drug-likeness (QED) is 0.805. The van der Waals surface area contributed by atoms with E-state index in [0.717, 1.165) is 5.69 Å². The maximum atomic E-state index is 12.7. The minimum absolute atomic E-state index is 0.0262. The van der Waals surface area contributed by atoms with Gasteiger partial charge in [-0.25, -0.2) is 0 Å². The number of hydrogen-bond acceptors (Lipinski definition) is 5. The Morgan fingerprint density at radius 3 is 2.54 bits per heavy atom. The molecule has 0 aromatic heterocycles. The van der Waals surface area contributed by atoms with E-state index >= 15 is 0 Å². The van der Waals surface area contributed by atoms with Gasteiger partial charge in [0.2, 0.25) is 5.91 Å². The molecule has 3 rings (SSSR count). The van der Waals surface area contributed by atoms with Crippen LogP contribution in [0.2, 0.25) is 0 Å². The van der Waals surface area contributed by atoms with E-state index in [-0.39, 0.29) is 17.6 Å². The number of methoxy groups -OCH3 is 1. The zero-order valence-corrected chi connectivity index (χ0v) is 16.1. The van der Waals surface area contributed by atoms with Gasteiger partial charge in [-0.15, -0.1) is 0 Å². The van der Waals surface area contributed by atoms with Crippen molar-refractivity contribution in [2.24, 2.45) is 5.92 Å². The van der Waals surface area contributed by atoms with Crippen LogP contribution in [0, 0.1) is 17.2 Å². The lowest BCUT2D eigenvalue weighted by atomic mass is 9.94. The number of carbonyl (C=O) groups excluding carboxylic acids is 2. The maximum Gasteiger partial charge on any atom is 0.227 e. The number of anilines is 2. The Balaban J connectivity index is 1.69. The molecule has 1 aliphatic heterocycles. The van der Waals surface area contributed by atoms with Crippen LogP contribution in [0.4, 0.5) is 11.4 Å². The Bertz CT molecular complexity index is 925. The van der Waals surface area contributed by atoms with Crippen molar-refractivity contribution in [3.05, 3.63) is 53.6 Å². The van der Waals surface area contributed by atoms with Gasteiger partial charge in [0.1, 0.15) is 5.75 Å². The van der Waals surface area contributed by atoms with Crippen molar-refractivity contribution in [1.29, 1.82) is 5.26 Å². The van der Waals surface area contributed by atoms with Gasteiger partial charge in [0, 0.05) is 30.3 Å². The van der Waals surface area contributed by atoms with Gasteiger partial charge in [-0.1, -0.05) is 12.1 Å². The molecule has 0 aliphatic carbocycles. The number of amides is 1. The molecule has 6 nitrogen and oxygen atoms in total. The Morgan fingerprint density at radius 2 is 1.89 bits per heavy atom. The molecule has 0 bridgehead atoms. The molecule has 144 valence electrons. The van der Waals surface area contributed by atoms with Crippen LogP contribution in [0.25, 0.3) is 0 Å². The van der Waals surface area contributed by atoms with Crippen molar-refractivity contribution in [3.63, 3.8) is 0 Å². The average Bonchev–Trinajstić information content (AvgIpc) is 2.73. The lowest BCUT2D eigenvalue weighted by Gasteiger charge is -2.34. The van der Waals surface area contributed by atoms with Crippen LogP contribution in [-0.2, 0) is 4.79 Å².